The van der Waals surface area contributed by atoms with Crippen LogP contribution in [0.15, 0.2) is 106 Å². The number of rotatable bonds is 23. The zero-order chi connectivity index (χ0) is 61.9. The second-order valence-electron chi connectivity index (χ2n) is 20.0. The Bertz CT molecular complexity index is 4080. The number of hydrogen-bond donors (Lipinski definition) is 9. The number of phosphoric acid groups is 3. The lowest BCUT2D eigenvalue weighted by atomic mass is 9.77. The smallest absolute Gasteiger partial charge is 0.456 e. The van der Waals surface area contributed by atoms with E-state index < -0.39 is 85.8 Å². The average Bonchev–Trinajstić information content (AvgIpc) is 1.70. The van der Waals surface area contributed by atoms with Crippen molar-refractivity contribution in [3.8, 4) is 34.5 Å². The molecule has 1 aliphatic carbocycles. The molecular formula is C53H63N7O20P3S2+. The molecule has 85 heavy (non-hydrogen) atoms. The molecule has 1 amide bonds. The van der Waals surface area contributed by atoms with Crippen molar-refractivity contribution in [1.29, 1.82) is 0 Å². The molecule has 10 N–H and O–H groups in total. The molecule has 32 heteroatoms. The third-order valence-electron chi connectivity index (χ3n) is 14.3. The van der Waals surface area contributed by atoms with Gasteiger partial charge in [0.25, 0.3) is 20.2 Å². The van der Waals surface area contributed by atoms with E-state index in [0.29, 0.717) is 28.5 Å². The standard InChI is InChI=1S/C53H62N7O20P3S2/c1-5-58(6-2)37-20-22-40-39(34(3)50(78-44(40)28-37)35-14-8-7-9-15-35)17-10-18-46-53(4,41-29-38(85(73,74)75)21-23-42(41)59(46)26-13-27-84(70,71)72)24-11-19-47(62)55-25-12-16-36-31-60(52-49(36)51(54)56-33-57-52)48-30-43(61)45(77-48)32-76-82(66,67)80-83(68,69)79-81(63,64)65/h7-10,14-15,17-18,20-23,28-29,31,33,43,45,48,61H,5-6,11,13,19,24-27,30,32H2,1-4H3,(H8-,54,55,56,57,62,63,64,65,66,67,68,69,70,71,72,73,74,75)/p+1/t43-,45+,48+,53?/m0/s1. The number of hydrogen-bond acceptors (Lipinski definition) is 18. The molecular weight excluding hydrogens is 1210 g/mol. The van der Waals surface area contributed by atoms with E-state index >= 15 is 0 Å². The Morgan fingerprint density at radius 2 is 1.71 bits per heavy atom. The maximum Gasteiger partial charge on any atom is 0.490 e. The zero-order valence-corrected chi connectivity index (χ0v) is 50.5. The van der Waals surface area contributed by atoms with Crippen LogP contribution in [0.4, 0.5) is 11.5 Å². The van der Waals surface area contributed by atoms with Gasteiger partial charge in [-0.2, -0.15) is 25.5 Å². The van der Waals surface area contributed by atoms with Gasteiger partial charge in [0.2, 0.25) is 11.3 Å². The number of carbonyl (C=O) groups is 1. The van der Waals surface area contributed by atoms with Crippen LogP contribution in [0.25, 0.3) is 39.8 Å². The summed E-state index contributed by atoms with van der Waals surface area (Å²) in [6.07, 6.45) is 4.73. The van der Waals surface area contributed by atoms with Gasteiger partial charge in [0.1, 0.15) is 54.7 Å². The second kappa shape index (κ2) is 26.0. The number of aliphatic hydroxyl groups is 1. The number of nitrogens with zero attached hydrogens (tertiary/aromatic N) is 5. The highest BCUT2D eigenvalue weighted by Crippen LogP contribution is 2.66. The van der Waals surface area contributed by atoms with Crippen LogP contribution in [0.3, 0.4) is 0 Å². The molecule has 27 nitrogen and oxygen atoms in total. The third-order valence-corrected chi connectivity index (χ3v) is 19.8. The van der Waals surface area contributed by atoms with Gasteiger partial charge in [-0.1, -0.05) is 54.3 Å². The number of ether oxygens (including phenoxy) is 1. The van der Waals surface area contributed by atoms with E-state index in [4.69, 9.17) is 24.7 Å². The number of nitrogens with two attached hydrogens (primary N) is 1. The molecule has 4 aliphatic rings. The van der Waals surface area contributed by atoms with Crippen molar-refractivity contribution >= 4 is 78.2 Å². The van der Waals surface area contributed by atoms with E-state index in [2.05, 4.69) is 58.7 Å². The van der Waals surface area contributed by atoms with E-state index in [9.17, 15) is 59.3 Å². The van der Waals surface area contributed by atoms with E-state index in [1.165, 1.54) is 29.0 Å². The van der Waals surface area contributed by atoms with Gasteiger partial charge in [-0.05, 0) is 88.4 Å². The van der Waals surface area contributed by atoms with Crippen molar-refractivity contribution in [2.45, 2.75) is 88.5 Å². The highest BCUT2D eigenvalue weighted by molar-refractivity contribution is 7.86. The van der Waals surface area contributed by atoms with Crippen LogP contribution in [0.2, 0.25) is 0 Å². The predicted octanol–water partition coefficient (Wildman–Crippen LogP) is 6.03. The molecule has 0 bridgehead atoms. The van der Waals surface area contributed by atoms with E-state index in [1.807, 2.05) is 85.5 Å². The maximum atomic E-state index is 13.6. The number of fused-ring (bicyclic) bond motifs is 3. The molecule has 5 heterocycles. The summed E-state index contributed by atoms with van der Waals surface area (Å²) in [5, 5.41) is 14.8. The maximum absolute atomic E-state index is 13.6. The first-order valence-corrected chi connectivity index (χ1v) is 33.9. The van der Waals surface area contributed by atoms with Crippen molar-refractivity contribution < 1.29 is 91.4 Å². The van der Waals surface area contributed by atoms with E-state index in [1.54, 1.807) is 0 Å². The summed E-state index contributed by atoms with van der Waals surface area (Å²) in [5.74, 6) is 6.14. The summed E-state index contributed by atoms with van der Waals surface area (Å²) >= 11 is 0. The molecule has 0 spiro atoms. The molecule has 3 aliphatic heterocycles. The lowest BCUT2D eigenvalue weighted by Gasteiger charge is -2.30. The molecule has 0 radical (unpaired) electrons. The highest BCUT2D eigenvalue weighted by atomic mass is 32.2. The van der Waals surface area contributed by atoms with Crippen LogP contribution < -0.4 is 25.9 Å². The lowest BCUT2D eigenvalue weighted by Crippen LogP contribution is -2.31. The van der Waals surface area contributed by atoms with Crippen molar-refractivity contribution in [2.24, 2.45) is 0 Å². The van der Waals surface area contributed by atoms with Crippen molar-refractivity contribution in [2.75, 3.05) is 49.2 Å². The van der Waals surface area contributed by atoms with Gasteiger partial charge in [-0.25, -0.2) is 28.2 Å². The summed E-state index contributed by atoms with van der Waals surface area (Å²) in [6.45, 7) is 8.52. The topological polar surface area (TPSA) is 403 Å². The Morgan fingerprint density at radius 1 is 0.976 bits per heavy atom. The fourth-order valence-corrected chi connectivity index (χ4v) is 14.5. The number of aliphatic hydroxyl groups excluding tert-OH is 1. The molecule has 2 aromatic carbocycles. The molecule has 3 unspecified atom stereocenters. The van der Waals surface area contributed by atoms with Crippen molar-refractivity contribution in [1.82, 2.24) is 24.4 Å². The molecule has 1 fully saturated rings. The Hall–Kier alpha value is -6.25. The Kier molecular flexibility index (Phi) is 19.8. The molecule has 0 saturated carbocycles. The SMILES string of the molecule is CC[N+](CC)=c1ccc2c(/C=C/C=C3\N(CCCS(=O)(=O)O)c4ccc(S(=O)(=O)O)cc4C3(C)CCCC(=O)NCC#Cc3cn([C@H]4C[C@H](O)[C@@H](COP(=O)(O)OP(=O)(O)OP(=O)(O)O)O4)c4ncnc(N)c34)c(C)c(-c3ccccc3)oc-2c1. The number of amides is 1. The minimum absolute atomic E-state index is 0.00718. The minimum atomic E-state index is -5.81. The lowest BCUT2D eigenvalue weighted by molar-refractivity contribution is -0.121. The number of benzene rings is 3. The quantitative estimate of drug-likeness (QED) is 0.0153. The first kappa shape index (κ1) is 64.7. The van der Waals surface area contributed by atoms with Crippen LogP contribution in [-0.2, 0) is 62.0 Å². The summed E-state index contributed by atoms with van der Waals surface area (Å²) < 4.78 is 133. The van der Waals surface area contributed by atoms with Gasteiger partial charge in [-0.15, -0.1) is 0 Å². The fourth-order valence-electron chi connectivity index (χ4n) is 10.4. The molecule has 4 aromatic rings. The highest BCUT2D eigenvalue weighted by Gasteiger charge is 2.45. The Morgan fingerprint density at radius 3 is 2.39 bits per heavy atom. The number of nitrogen functional groups attached to an aromatic ring is 1. The van der Waals surface area contributed by atoms with Gasteiger partial charge in [-0.3, -0.25) is 18.4 Å². The Balaban J connectivity index is 1.03. The third kappa shape index (κ3) is 15.7. The summed E-state index contributed by atoms with van der Waals surface area (Å²) in [4.78, 5) is 60.4. The minimum Gasteiger partial charge on any atom is -0.456 e. The number of anilines is 2. The first-order valence-electron chi connectivity index (χ1n) is 26.3. The number of allylic oxidation sites excluding steroid dienone is 3. The number of phosphoric ester groups is 1. The number of aromatic nitrogens is 3. The van der Waals surface area contributed by atoms with Crippen LogP contribution in [0.5, 0.6) is 0 Å². The fraction of sp³-hybridized carbons (Fsp3) is 0.358. The van der Waals surface area contributed by atoms with Gasteiger partial charge in [0.05, 0.1) is 46.9 Å². The number of nitrogens with one attached hydrogen (secondary N) is 1. The molecule has 2 aromatic heterocycles. The van der Waals surface area contributed by atoms with Gasteiger partial charge < -0.3 is 54.4 Å². The first-order chi connectivity index (χ1) is 39.9. The van der Waals surface area contributed by atoms with Crippen LogP contribution in [0, 0.1) is 18.8 Å². The molecule has 6 atom stereocenters. The van der Waals surface area contributed by atoms with Crippen molar-refractivity contribution in [3.05, 3.63) is 125 Å². The van der Waals surface area contributed by atoms with E-state index in [0.717, 1.165) is 47.0 Å². The largest absolute Gasteiger partial charge is 0.490 e. The van der Waals surface area contributed by atoms with E-state index in [-0.39, 0.29) is 72.5 Å². The number of carbonyl (C=O) groups excluding carboxylic acids is 1. The summed E-state index contributed by atoms with van der Waals surface area (Å²) in [7, 11) is -26.1. The molecule has 456 valence electrons. The second-order valence-corrected chi connectivity index (χ2v) is 27.4. The van der Waals surface area contributed by atoms with Crippen molar-refractivity contribution in [3.63, 3.8) is 0 Å². The van der Waals surface area contributed by atoms with Gasteiger partial charge in [0.15, 0.2) is 0 Å². The average molecular weight is 1280 g/mol. The van der Waals surface area contributed by atoms with Gasteiger partial charge in [0, 0.05) is 65.1 Å². The zero-order valence-electron chi connectivity index (χ0n) is 46.2. The Labute approximate surface area is 488 Å². The van der Waals surface area contributed by atoms with Gasteiger partial charge >= 0.3 is 23.5 Å². The predicted molar refractivity (Wildman–Crippen MR) is 311 cm³/mol. The molecule has 8 rings (SSSR count). The van der Waals surface area contributed by atoms with Crippen LogP contribution in [0.1, 0.15) is 81.4 Å². The normalized spacial score (nSPS) is 20.2. The monoisotopic (exact) mass is 1270 g/mol. The van der Waals surface area contributed by atoms with Crippen LogP contribution in [-0.4, -0.2) is 122 Å². The summed E-state index contributed by atoms with van der Waals surface area (Å²) in [6, 6.07) is 19.9. The van der Waals surface area contributed by atoms with Crippen LogP contribution >= 0.6 is 23.5 Å². The summed E-state index contributed by atoms with van der Waals surface area (Å²) in [5.41, 5.74) is 10.7. The molecule has 1 saturated heterocycles.